The van der Waals surface area contributed by atoms with Gasteiger partial charge in [-0.3, -0.25) is 4.79 Å². The molecule has 1 amide bonds. The van der Waals surface area contributed by atoms with Crippen molar-refractivity contribution >= 4 is 23.2 Å². The van der Waals surface area contributed by atoms with Crippen molar-refractivity contribution in [1.82, 2.24) is 4.98 Å². The van der Waals surface area contributed by atoms with E-state index in [2.05, 4.69) is 10.3 Å². The van der Waals surface area contributed by atoms with Crippen LogP contribution in [0.2, 0.25) is 5.15 Å². The van der Waals surface area contributed by atoms with Crippen molar-refractivity contribution in [1.29, 1.82) is 0 Å². The minimum Gasteiger partial charge on any atom is -0.508 e. The van der Waals surface area contributed by atoms with Crippen molar-refractivity contribution in [3.63, 3.8) is 0 Å². The van der Waals surface area contributed by atoms with Gasteiger partial charge in [-0.25, -0.2) is 4.98 Å². The molecule has 0 atom stereocenters. The number of nitrogens with one attached hydrogen (secondary N) is 1. The van der Waals surface area contributed by atoms with Gasteiger partial charge in [0.2, 0.25) is 0 Å². The molecule has 110 valence electrons. The number of anilines is 1. The molecule has 0 saturated carbocycles. The second-order valence-electron chi connectivity index (χ2n) is 5.82. The fourth-order valence-corrected chi connectivity index (χ4v) is 2.01. The lowest BCUT2D eigenvalue weighted by Gasteiger charge is -2.18. The predicted molar refractivity (Wildman–Crippen MR) is 84.0 cm³/mol. The average molecular weight is 305 g/mol. The second kappa shape index (κ2) is 5.74. The van der Waals surface area contributed by atoms with Gasteiger partial charge in [-0.1, -0.05) is 38.4 Å². The Balaban J connectivity index is 2.29. The molecular weight excluding hydrogens is 288 g/mol. The number of carbonyl (C=O) groups is 1. The maximum atomic E-state index is 12.3. The highest BCUT2D eigenvalue weighted by Gasteiger charge is 2.19. The molecule has 1 aromatic carbocycles. The normalized spacial score (nSPS) is 11.2. The quantitative estimate of drug-likeness (QED) is 0.825. The Morgan fingerprint density at radius 3 is 2.57 bits per heavy atom. The number of hydrogen-bond donors (Lipinski definition) is 2. The van der Waals surface area contributed by atoms with E-state index in [1.807, 2.05) is 20.8 Å². The highest BCUT2D eigenvalue weighted by atomic mass is 35.5. The summed E-state index contributed by atoms with van der Waals surface area (Å²) >= 11 is 6.00. The molecule has 21 heavy (non-hydrogen) atoms. The molecule has 1 aromatic heterocycles. The van der Waals surface area contributed by atoms with Crippen molar-refractivity contribution in [3.05, 3.63) is 52.8 Å². The third kappa shape index (κ3) is 3.95. The first-order valence-corrected chi connectivity index (χ1v) is 6.92. The van der Waals surface area contributed by atoms with E-state index >= 15 is 0 Å². The first-order valence-electron chi connectivity index (χ1n) is 6.54. The van der Waals surface area contributed by atoms with Gasteiger partial charge in [0.25, 0.3) is 5.91 Å². The maximum absolute atomic E-state index is 12.3. The number of aromatic nitrogens is 1. The van der Waals surface area contributed by atoms with Crippen molar-refractivity contribution in [2.45, 2.75) is 26.2 Å². The lowest BCUT2D eigenvalue weighted by atomic mass is 9.91. The zero-order valence-corrected chi connectivity index (χ0v) is 12.9. The van der Waals surface area contributed by atoms with Crippen LogP contribution >= 0.6 is 11.6 Å². The number of aromatic hydroxyl groups is 1. The van der Waals surface area contributed by atoms with Crippen LogP contribution in [0.4, 0.5) is 5.69 Å². The van der Waals surface area contributed by atoms with Gasteiger partial charge in [0.15, 0.2) is 0 Å². The van der Waals surface area contributed by atoms with Crippen LogP contribution in [-0.2, 0) is 5.41 Å². The number of hydrogen-bond acceptors (Lipinski definition) is 3. The van der Waals surface area contributed by atoms with Gasteiger partial charge in [0, 0.05) is 28.4 Å². The first-order chi connectivity index (χ1) is 9.75. The summed E-state index contributed by atoms with van der Waals surface area (Å²) in [5, 5.41) is 12.4. The highest BCUT2D eigenvalue weighted by molar-refractivity contribution is 6.29. The number of carbonyl (C=O) groups excluding carboxylic acids is 1. The van der Waals surface area contributed by atoms with Crippen LogP contribution in [-0.4, -0.2) is 16.0 Å². The Kier molecular flexibility index (Phi) is 4.19. The third-order valence-corrected chi connectivity index (χ3v) is 3.12. The predicted octanol–water partition coefficient (Wildman–Crippen LogP) is 3.99. The summed E-state index contributed by atoms with van der Waals surface area (Å²) in [7, 11) is 0. The summed E-state index contributed by atoms with van der Waals surface area (Å²) in [5.74, 6) is -0.202. The van der Waals surface area contributed by atoms with E-state index in [-0.39, 0.29) is 22.2 Å². The van der Waals surface area contributed by atoms with Crippen molar-refractivity contribution in [3.8, 4) is 5.75 Å². The largest absolute Gasteiger partial charge is 0.508 e. The molecule has 0 saturated heterocycles. The molecule has 1 heterocycles. The smallest absolute Gasteiger partial charge is 0.255 e. The monoisotopic (exact) mass is 304 g/mol. The van der Waals surface area contributed by atoms with Gasteiger partial charge >= 0.3 is 0 Å². The fraction of sp³-hybridized carbons (Fsp3) is 0.250. The molecule has 4 nitrogen and oxygen atoms in total. The van der Waals surface area contributed by atoms with Crippen LogP contribution in [0.3, 0.4) is 0 Å². The number of phenols is 1. The van der Waals surface area contributed by atoms with Gasteiger partial charge in [0.05, 0.1) is 0 Å². The van der Waals surface area contributed by atoms with E-state index in [0.717, 1.165) is 5.69 Å². The van der Waals surface area contributed by atoms with Gasteiger partial charge in [-0.15, -0.1) is 0 Å². The molecule has 5 heteroatoms. The van der Waals surface area contributed by atoms with Crippen LogP contribution < -0.4 is 5.32 Å². The van der Waals surface area contributed by atoms with E-state index in [1.165, 1.54) is 18.2 Å². The van der Waals surface area contributed by atoms with Crippen LogP contribution in [0, 0.1) is 0 Å². The highest BCUT2D eigenvalue weighted by Crippen LogP contribution is 2.24. The fourth-order valence-electron chi connectivity index (χ4n) is 1.80. The average Bonchev–Trinajstić information content (AvgIpc) is 2.37. The summed E-state index contributed by atoms with van der Waals surface area (Å²) in [6.45, 7) is 6.01. The maximum Gasteiger partial charge on any atom is 0.255 e. The lowest BCUT2D eigenvalue weighted by molar-refractivity contribution is 0.102. The van der Waals surface area contributed by atoms with Crippen molar-refractivity contribution in [2.75, 3.05) is 5.32 Å². The Morgan fingerprint density at radius 2 is 1.95 bits per heavy atom. The molecule has 0 aliphatic rings. The van der Waals surface area contributed by atoms with E-state index < -0.39 is 0 Å². The van der Waals surface area contributed by atoms with Gasteiger partial charge in [-0.2, -0.15) is 0 Å². The van der Waals surface area contributed by atoms with E-state index in [4.69, 9.17) is 11.6 Å². The first kappa shape index (κ1) is 15.3. The standard InChI is InChI=1S/C16H17ClN2O2/c1-16(2,3)13-7-10(8-14(17)19-13)15(21)18-11-5-4-6-12(20)9-11/h4-9,20H,1-3H3,(H,18,21). The molecule has 2 N–H and O–H groups in total. The molecule has 0 bridgehead atoms. The second-order valence-corrected chi connectivity index (χ2v) is 6.21. The van der Waals surface area contributed by atoms with Gasteiger partial charge < -0.3 is 10.4 Å². The Hall–Kier alpha value is -2.07. The molecule has 0 aliphatic carbocycles. The summed E-state index contributed by atoms with van der Waals surface area (Å²) < 4.78 is 0. The molecule has 0 aliphatic heterocycles. The minimum absolute atomic E-state index is 0.0935. The number of benzene rings is 1. The minimum atomic E-state index is -0.296. The molecule has 2 rings (SSSR count). The number of rotatable bonds is 2. The van der Waals surface area contributed by atoms with Crippen LogP contribution in [0.15, 0.2) is 36.4 Å². The third-order valence-electron chi connectivity index (χ3n) is 2.93. The molecule has 2 aromatic rings. The van der Waals surface area contributed by atoms with Gasteiger partial charge in [0.1, 0.15) is 10.9 Å². The summed E-state index contributed by atoms with van der Waals surface area (Å²) in [5.41, 5.74) is 1.50. The zero-order valence-electron chi connectivity index (χ0n) is 12.1. The molecule has 0 fully saturated rings. The van der Waals surface area contributed by atoms with Crippen LogP contribution in [0.1, 0.15) is 36.8 Å². The van der Waals surface area contributed by atoms with Crippen molar-refractivity contribution in [2.24, 2.45) is 0 Å². The number of amides is 1. The zero-order chi connectivity index (χ0) is 15.6. The molecule has 0 radical (unpaired) electrons. The summed E-state index contributed by atoms with van der Waals surface area (Å²) in [6, 6.07) is 9.62. The SMILES string of the molecule is CC(C)(C)c1cc(C(=O)Nc2cccc(O)c2)cc(Cl)n1. The molecule has 0 unspecified atom stereocenters. The van der Waals surface area contributed by atoms with Crippen LogP contribution in [0.5, 0.6) is 5.75 Å². The van der Waals surface area contributed by atoms with Crippen molar-refractivity contribution < 1.29 is 9.90 Å². The number of halogens is 1. The summed E-state index contributed by atoms with van der Waals surface area (Å²) in [4.78, 5) is 16.5. The molecule has 0 spiro atoms. The molecular formula is C16H17ClN2O2. The topological polar surface area (TPSA) is 62.2 Å². The number of phenolic OH excluding ortho intramolecular Hbond substituents is 1. The number of pyridine rings is 1. The van der Waals surface area contributed by atoms with Crippen LogP contribution in [0.25, 0.3) is 0 Å². The summed E-state index contributed by atoms with van der Waals surface area (Å²) in [6.07, 6.45) is 0. The Bertz CT molecular complexity index is 678. The van der Waals surface area contributed by atoms with E-state index in [1.54, 1.807) is 18.2 Å². The van der Waals surface area contributed by atoms with E-state index in [9.17, 15) is 9.90 Å². The van der Waals surface area contributed by atoms with E-state index in [0.29, 0.717) is 11.3 Å². The Morgan fingerprint density at radius 1 is 1.24 bits per heavy atom. The van der Waals surface area contributed by atoms with Gasteiger partial charge in [-0.05, 0) is 24.3 Å². The number of nitrogens with zero attached hydrogens (tertiary/aromatic N) is 1. The lowest BCUT2D eigenvalue weighted by Crippen LogP contribution is -2.17. The Labute approximate surface area is 128 Å².